The van der Waals surface area contributed by atoms with Crippen LogP contribution in [0.5, 0.6) is 0 Å². The molecule has 0 amide bonds. The van der Waals surface area contributed by atoms with Crippen molar-refractivity contribution in [3.63, 3.8) is 0 Å². The molecule has 0 atom stereocenters. The van der Waals surface area contributed by atoms with Crippen LogP contribution in [0.15, 0.2) is 22.0 Å². The van der Waals surface area contributed by atoms with Gasteiger partial charge in [-0.05, 0) is 6.08 Å². The second-order valence-electron chi connectivity index (χ2n) is 3.31. The molecule has 0 heterocycles. The maximum atomic E-state index is 12.9. The summed E-state index contributed by atoms with van der Waals surface area (Å²) in [7, 11) is 0. The van der Waals surface area contributed by atoms with E-state index in [1.54, 1.807) is 0 Å². The van der Waals surface area contributed by atoms with E-state index in [2.05, 4.69) is 0 Å². The van der Waals surface area contributed by atoms with Gasteiger partial charge in [-0.3, -0.25) is 0 Å². The summed E-state index contributed by atoms with van der Waals surface area (Å²) in [4.78, 5) is 0. The number of rotatable bonds is 0. The molecule has 0 aliphatic heterocycles. The fourth-order valence-electron chi connectivity index (χ4n) is 0.942. The average Bonchev–Trinajstić information content (AvgIpc) is 1.83. The lowest BCUT2D eigenvalue weighted by Gasteiger charge is -2.26. The summed E-state index contributed by atoms with van der Waals surface area (Å²) in [5.74, 6) is -0.277. The standard InChI is InChI=1S/C8H9Cl2F/c1-8(2)4-6(11)5(9)3-7(8)10/h3H,4H2,1-2H3. The van der Waals surface area contributed by atoms with Gasteiger partial charge in [-0.15, -0.1) is 0 Å². The van der Waals surface area contributed by atoms with Gasteiger partial charge in [-0.1, -0.05) is 37.0 Å². The van der Waals surface area contributed by atoms with Crippen LogP contribution in [0.1, 0.15) is 20.3 Å². The Hall–Kier alpha value is -0.0100. The summed E-state index contributed by atoms with van der Waals surface area (Å²) >= 11 is 11.4. The summed E-state index contributed by atoms with van der Waals surface area (Å²) in [6.07, 6.45) is 1.77. The molecule has 0 aromatic heterocycles. The van der Waals surface area contributed by atoms with E-state index in [1.165, 1.54) is 6.08 Å². The smallest absolute Gasteiger partial charge is 0.119 e. The van der Waals surface area contributed by atoms with E-state index in [1.807, 2.05) is 13.8 Å². The van der Waals surface area contributed by atoms with E-state index >= 15 is 0 Å². The molecule has 3 heteroatoms. The molecular formula is C8H9Cl2F. The average molecular weight is 195 g/mol. The zero-order valence-corrected chi connectivity index (χ0v) is 7.93. The third-order valence-electron chi connectivity index (χ3n) is 1.76. The van der Waals surface area contributed by atoms with Gasteiger partial charge in [0.25, 0.3) is 0 Å². The van der Waals surface area contributed by atoms with Crippen molar-refractivity contribution in [1.29, 1.82) is 0 Å². The molecule has 0 nitrogen and oxygen atoms in total. The van der Waals surface area contributed by atoms with Crippen molar-refractivity contribution in [3.8, 4) is 0 Å². The van der Waals surface area contributed by atoms with Crippen molar-refractivity contribution < 1.29 is 4.39 Å². The van der Waals surface area contributed by atoms with Gasteiger partial charge < -0.3 is 0 Å². The first kappa shape index (κ1) is 9.08. The molecule has 0 spiro atoms. The molecule has 1 rings (SSSR count). The Morgan fingerprint density at radius 1 is 1.45 bits per heavy atom. The summed E-state index contributed by atoms with van der Waals surface area (Å²) in [6, 6.07) is 0. The third-order valence-corrected chi connectivity index (χ3v) is 2.69. The Balaban J connectivity index is 3.01. The Kier molecular flexibility index (Phi) is 2.31. The Morgan fingerprint density at radius 2 is 2.00 bits per heavy atom. The minimum absolute atomic E-state index is 0.134. The quantitative estimate of drug-likeness (QED) is 0.548. The fraction of sp³-hybridized carbons (Fsp3) is 0.500. The van der Waals surface area contributed by atoms with Crippen LogP contribution in [0.25, 0.3) is 0 Å². The van der Waals surface area contributed by atoms with Crippen LogP contribution in [0.4, 0.5) is 4.39 Å². The number of halogens is 3. The first-order valence-electron chi connectivity index (χ1n) is 3.35. The second kappa shape index (κ2) is 2.80. The molecule has 0 saturated heterocycles. The number of allylic oxidation sites excluding steroid dienone is 4. The summed E-state index contributed by atoms with van der Waals surface area (Å²) in [5.41, 5.74) is -0.302. The van der Waals surface area contributed by atoms with Crippen molar-refractivity contribution >= 4 is 23.2 Å². The Morgan fingerprint density at radius 3 is 2.45 bits per heavy atom. The lowest BCUT2D eigenvalue weighted by Crippen LogP contribution is -2.15. The zero-order valence-electron chi connectivity index (χ0n) is 6.42. The number of hydrogen-bond acceptors (Lipinski definition) is 0. The molecule has 11 heavy (non-hydrogen) atoms. The van der Waals surface area contributed by atoms with Crippen LogP contribution in [0, 0.1) is 5.41 Å². The van der Waals surface area contributed by atoms with Crippen LogP contribution in [-0.4, -0.2) is 0 Å². The van der Waals surface area contributed by atoms with Gasteiger partial charge in [-0.25, -0.2) is 4.39 Å². The highest BCUT2D eigenvalue weighted by Crippen LogP contribution is 2.42. The largest absolute Gasteiger partial charge is 0.210 e. The molecule has 0 fully saturated rings. The molecule has 1 aliphatic rings. The van der Waals surface area contributed by atoms with Crippen molar-refractivity contribution in [2.75, 3.05) is 0 Å². The molecule has 0 bridgehead atoms. The van der Waals surface area contributed by atoms with Crippen molar-refractivity contribution in [1.82, 2.24) is 0 Å². The Bertz CT molecular complexity index is 238. The van der Waals surface area contributed by atoms with Gasteiger partial charge in [-0.2, -0.15) is 0 Å². The monoisotopic (exact) mass is 194 g/mol. The van der Waals surface area contributed by atoms with E-state index in [0.717, 1.165) is 0 Å². The minimum Gasteiger partial charge on any atom is -0.210 e. The van der Waals surface area contributed by atoms with Crippen molar-refractivity contribution in [2.24, 2.45) is 5.41 Å². The van der Waals surface area contributed by atoms with Crippen molar-refractivity contribution in [2.45, 2.75) is 20.3 Å². The predicted molar refractivity (Wildman–Crippen MR) is 46.3 cm³/mol. The second-order valence-corrected chi connectivity index (χ2v) is 4.12. The van der Waals surface area contributed by atoms with E-state index in [4.69, 9.17) is 23.2 Å². The number of hydrogen-bond donors (Lipinski definition) is 0. The van der Waals surface area contributed by atoms with Crippen LogP contribution in [0.2, 0.25) is 0 Å². The molecular weight excluding hydrogens is 186 g/mol. The van der Waals surface area contributed by atoms with Crippen LogP contribution < -0.4 is 0 Å². The van der Waals surface area contributed by atoms with E-state index < -0.39 is 0 Å². The van der Waals surface area contributed by atoms with Gasteiger partial charge in [0.05, 0.1) is 5.03 Å². The van der Waals surface area contributed by atoms with E-state index in [9.17, 15) is 4.39 Å². The molecule has 0 aromatic carbocycles. The summed E-state index contributed by atoms with van der Waals surface area (Å²) in [5, 5.41) is 0.748. The zero-order chi connectivity index (χ0) is 8.65. The third kappa shape index (κ3) is 1.77. The SMILES string of the molecule is CC1(C)CC(F)=C(Cl)C=C1Cl. The fourth-order valence-corrected chi connectivity index (χ4v) is 1.35. The van der Waals surface area contributed by atoms with Crippen LogP contribution >= 0.6 is 23.2 Å². The highest BCUT2D eigenvalue weighted by Gasteiger charge is 2.28. The molecule has 62 valence electrons. The maximum Gasteiger partial charge on any atom is 0.119 e. The summed E-state index contributed by atoms with van der Waals surface area (Å²) < 4.78 is 12.9. The lowest BCUT2D eigenvalue weighted by molar-refractivity contribution is 0.402. The molecule has 0 unspecified atom stereocenters. The molecule has 0 radical (unpaired) electrons. The molecule has 1 aliphatic carbocycles. The molecule has 0 saturated carbocycles. The summed E-state index contributed by atoms with van der Waals surface area (Å²) in [6.45, 7) is 3.77. The van der Waals surface area contributed by atoms with Crippen molar-refractivity contribution in [3.05, 3.63) is 22.0 Å². The van der Waals surface area contributed by atoms with E-state index in [0.29, 0.717) is 11.5 Å². The van der Waals surface area contributed by atoms with E-state index in [-0.39, 0.29) is 16.3 Å². The van der Waals surface area contributed by atoms with Crippen LogP contribution in [0.3, 0.4) is 0 Å². The maximum absolute atomic E-state index is 12.9. The Labute approximate surface area is 75.7 Å². The lowest BCUT2D eigenvalue weighted by atomic mass is 9.85. The normalized spacial score (nSPS) is 23.5. The molecule has 0 N–H and O–H groups in total. The van der Waals surface area contributed by atoms with Crippen LogP contribution in [-0.2, 0) is 0 Å². The minimum atomic E-state index is -0.302. The highest BCUT2D eigenvalue weighted by molar-refractivity contribution is 6.35. The van der Waals surface area contributed by atoms with Gasteiger partial charge in [0.1, 0.15) is 5.83 Å². The van der Waals surface area contributed by atoms with Gasteiger partial charge >= 0.3 is 0 Å². The predicted octanol–water partition coefficient (Wildman–Crippen LogP) is 3.96. The highest BCUT2D eigenvalue weighted by atomic mass is 35.5. The first-order chi connectivity index (χ1) is 4.93. The first-order valence-corrected chi connectivity index (χ1v) is 4.11. The van der Waals surface area contributed by atoms with Gasteiger partial charge in [0.2, 0.25) is 0 Å². The topological polar surface area (TPSA) is 0 Å². The molecule has 0 aromatic rings. The van der Waals surface area contributed by atoms with Gasteiger partial charge in [0.15, 0.2) is 0 Å². The van der Waals surface area contributed by atoms with Gasteiger partial charge in [0, 0.05) is 16.9 Å².